The summed E-state index contributed by atoms with van der Waals surface area (Å²) in [6, 6.07) is 15.7. The minimum Gasteiger partial charge on any atom is -0.493 e. The van der Waals surface area contributed by atoms with Gasteiger partial charge in [0.15, 0.2) is 23.0 Å². The van der Waals surface area contributed by atoms with Gasteiger partial charge in [-0.05, 0) is 35.9 Å². The highest BCUT2D eigenvalue weighted by Crippen LogP contribution is 2.32. The fourth-order valence-corrected chi connectivity index (χ4v) is 3.69. The van der Waals surface area contributed by atoms with Crippen LogP contribution in [0, 0.1) is 10.1 Å². The molecule has 2 heterocycles. The molecule has 10 heteroatoms. The summed E-state index contributed by atoms with van der Waals surface area (Å²) in [5.74, 6) is 2.44. The summed E-state index contributed by atoms with van der Waals surface area (Å²) in [6.07, 6.45) is 0. The van der Waals surface area contributed by atoms with Gasteiger partial charge in [-0.25, -0.2) is 0 Å². The van der Waals surface area contributed by atoms with Crippen LogP contribution in [-0.2, 0) is 5.75 Å². The highest BCUT2D eigenvalue weighted by molar-refractivity contribution is 7.98. The number of benzene rings is 2. The minimum absolute atomic E-state index is 0.0762. The van der Waals surface area contributed by atoms with Gasteiger partial charge < -0.3 is 9.47 Å². The molecule has 4 rings (SSSR count). The molecule has 0 unspecified atom stereocenters. The van der Waals surface area contributed by atoms with E-state index in [0.717, 1.165) is 16.2 Å². The average Bonchev–Trinajstić information content (AvgIpc) is 3.20. The zero-order valence-electron chi connectivity index (χ0n) is 16.2. The third-order valence-corrected chi connectivity index (χ3v) is 5.41. The number of non-ortho nitro benzene ring substituents is 1. The molecule has 0 radical (unpaired) electrons. The number of hydrogen-bond donors (Lipinski definition) is 0. The summed E-state index contributed by atoms with van der Waals surface area (Å²) in [7, 11) is 3.16. The zero-order chi connectivity index (χ0) is 21.1. The van der Waals surface area contributed by atoms with E-state index in [2.05, 4.69) is 15.3 Å². The number of aromatic nitrogens is 4. The van der Waals surface area contributed by atoms with Crippen molar-refractivity contribution in [3.05, 3.63) is 70.3 Å². The second-order valence-electron chi connectivity index (χ2n) is 6.25. The van der Waals surface area contributed by atoms with Gasteiger partial charge in [0.05, 0.1) is 19.1 Å². The number of hydrogen-bond acceptors (Lipinski definition) is 8. The monoisotopic (exact) mass is 423 g/mol. The van der Waals surface area contributed by atoms with Crippen LogP contribution in [0.4, 0.5) is 5.69 Å². The lowest BCUT2D eigenvalue weighted by Crippen LogP contribution is -1.98. The van der Waals surface area contributed by atoms with E-state index >= 15 is 0 Å². The van der Waals surface area contributed by atoms with Crippen molar-refractivity contribution in [1.82, 2.24) is 19.8 Å². The van der Waals surface area contributed by atoms with Crippen molar-refractivity contribution in [2.24, 2.45) is 0 Å². The lowest BCUT2D eigenvalue weighted by atomic mass is 10.2. The van der Waals surface area contributed by atoms with Crippen molar-refractivity contribution in [1.29, 1.82) is 0 Å². The average molecular weight is 423 g/mol. The van der Waals surface area contributed by atoms with Crippen LogP contribution in [0.1, 0.15) is 5.56 Å². The van der Waals surface area contributed by atoms with Gasteiger partial charge in [0.25, 0.3) is 5.69 Å². The number of nitro benzene ring substituents is 1. The van der Waals surface area contributed by atoms with E-state index in [0.29, 0.717) is 28.7 Å². The molecule has 0 fully saturated rings. The van der Waals surface area contributed by atoms with Gasteiger partial charge in [-0.2, -0.15) is 9.61 Å². The van der Waals surface area contributed by atoms with Crippen LogP contribution >= 0.6 is 11.8 Å². The summed E-state index contributed by atoms with van der Waals surface area (Å²) >= 11 is 1.52. The molecule has 30 heavy (non-hydrogen) atoms. The second-order valence-corrected chi connectivity index (χ2v) is 7.24. The molecule has 0 aliphatic heterocycles. The number of rotatable bonds is 7. The first-order chi connectivity index (χ1) is 14.6. The second kappa shape index (κ2) is 8.37. The Morgan fingerprint density at radius 3 is 2.47 bits per heavy atom. The van der Waals surface area contributed by atoms with Gasteiger partial charge in [0.1, 0.15) is 5.03 Å². The van der Waals surface area contributed by atoms with E-state index in [1.807, 2.05) is 30.3 Å². The molecule has 0 bridgehead atoms. The highest BCUT2D eigenvalue weighted by atomic mass is 32.2. The molecule has 0 aliphatic carbocycles. The van der Waals surface area contributed by atoms with Crippen LogP contribution < -0.4 is 9.47 Å². The predicted molar refractivity (Wildman–Crippen MR) is 112 cm³/mol. The third kappa shape index (κ3) is 3.90. The Kier molecular flexibility index (Phi) is 5.48. The fourth-order valence-electron chi connectivity index (χ4n) is 2.88. The molecule has 2 aromatic heterocycles. The normalized spacial score (nSPS) is 10.9. The Labute approximate surface area is 175 Å². The number of methoxy groups -OCH3 is 2. The number of nitrogens with zero attached hydrogens (tertiary/aromatic N) is 5. The Hall–Kier alpha value is -3.66. The van der Waals surface area contributed by atoms with Crippen LogP contribution in [0.25, 0.3) is 17.0 Å². The lowest BCUT2D eigenvalue weighted by molar-refractivity contribution is -0.384. The van der Waals surface area contributed by atoms with E-state index in [1.165, 1.54) is 23.9 Å². The Morgan fingerprint density at radius 2 is 1.77 bits per heavy atom. The van der Waals surface area contributed by atoms with Gasteiger partial charge >= 0.3 is 0 Å². The molecule has 0 spiro atoms. The van der Waals surface area contributed by atoms with Crippen molar-refractivity contribution in [2.75, 3.05) is 14.2 Å². The summed E-state index contributed by atoms with van der Waals surface area (Å²) in [6.45, 7) is 0. The standard InChI is InChI=1S/C20H17N5O4S/c1-28-16-8-5-14(11-17(16)29-2)20-22-21-18-9-10-19(23-24(18)20)30-12-13-3-6-15(7-4-13)25(26)27/h3-11H,12H2,1-2H3. The quantitative estimate of drug-likeness (QED) is 0.249. The SMILES string of the molecule is COc1ccc(-c2nnc3ccc(SCc4ccc([N+](=O)[O-])cc4)nn23)cc1OC. The van der Waals surface area contributed by atoms with E-state index in [-0.39, 0.29) is 5.69 Å². The molecule has 152 valence electrons. The molecule has 9 nitrogen and oxygen atoms in total. The summed E-state index contributed by atoms with van der Waals surface area (Å²) in [5, 5.41) is 24.6. The number of fused-ring (bicyclic) bond motifs is 1. The smallest absolute Gasteiger partial charge is 0.269 e. The first-order valence-electron chi connectivity index (χ1n) is 8.90. The van der Waals surface area contributed by atoms with Crippen molar-refractivity contribution >= 4 is 23.1 Å². The molecule has 0 aliphatic rings. The lowest BCUT2D eigenvalue weighted by Gasteiger charge is -2.09. The Balaban J connectivity index is 1.59. The van der Waals surface area contributed by atoms with Crippen LogP contribution in [-0.4, -0.2) is 39.0 Å². The molecule has 0 saturated carbocycles. The number of thioether (sulfide) groups is 1. The van der Waals surface area contributed by atoms with Gasteiger partial charge in [0.2, 0.25) is 0 Å². The molecular formula is C20H17N5O4S. The summed E-state index contributed by atoms with van der Waals surface area (Å²) in [5.41, 5.74) is 2.47. The number of nitro groups is 1. The molecule has 2 aromatic carbocycles. The Bertz CT molecular complexity index is 1210. The van der Waals surface area contributed by atoms with Gasteiger partial charge in [-0.15, -0.1) is 10.2 Å². The van der Waals surface area contributed by atoms with Crippen molar-refractivity contribution in [2.45, 2.75) is 10.8 Å². The first-order valence-corrected chi connectivity index (χ1v) is 9.88. The molecule has 0 atom stereocenters. The van der Waals surface area contributed by atoms with Crippen LogP contribution in [0.3, 0.4) is 0 Å². The maximum Gasteiger partial charge on any atom is 0.269 e. The van der Waals surface area contributed by atoms with Gasteiger partial charge in [-0.1, -0.05) is 23.9 Å². The van der Waals surface area contributed by atoms with E-state index < -0.39 is 4.92 Å². The fraction of sp³-hybridized carbons (Fsp3) is 0.150. The minimum atomic E-state index is -0.409. The largest absolute Gasteiger partial charge is 0.493 e. The van der Waals surface area contributed by atoms with E-state index in [4.69, 9.17) is 9.47 Å². The first kappa shape index (κ1) is 19.6. The zero-order valence-corrected chi connectivity index (χ0v) is 17.0. The van der Waals surface area contributed by atoms with Crippen LogP contribution in [0.5, 0.6) is 11.5 Å². The van der Waals surface area contributed by atoms with E-state index in [1.54, 1.807) is 30.9 Å². The molecule has 4 aromatic rings. The van der Waals surface area contributed by atoms with Crippen molar-refractivity contribution < 1.29 is 14.4 Å². The third-order valence-electron chi connectivity index (χ3n) is 4.41. The summed E-state index contributed by atoms with van der Waals surface area (Å²) in [4.78, 5) is 10.4. The molecule has 0 amide bonds. The van der Waals surface area contributed by atoms with Gasteiger partial charge in [0, 0.05) is 23.4 Å². The topological polar surface area (TPSA) is 105 Å². The predicted octanol–water partition coefficient (Wildman–Crippen LogP) is 4.01. The Morgan fingerprint density at radius 1 is 1.00 bits per heavy atom. The summed E-state index contributed by atoms with van der Waals surface area (Å²) < 4.78 is 12.3. The van der Waals surface area contributed by atoms with Crippen LogP contribution in [0.15, 0.2) is 59.6 Å². The van der Waals surface area contributed by atoms with E-state index in [9.17, 15) is 10.1 Å². The van der Waals surface area contributed by atoms with Crippen molar-refractivity contribution in [3.63, 3.8) is 0 Å². The highest BCUT2D eigenvalue weighted by Gasteiger charge is 2.13. The van der Waals surface area contributed by atoms with Crippen molar-refractivity contribution in [3.8, 4) is 22.9 Å². The molecular weight excluding hydrogens is 406 g/mol. The maximum atomic E-state index is 10.8. The van der Waals surface area contributed by atoms with Gasteiger partial charge in [-0.3, -0.25) is 10.1 Å². The number of ether oxygens (including phenoxy) is 2. The maximum absolute atomic E-state index is 10.8. The van der Waals surface area contributed by atoms with Crippen LogP contribution in [0.2, 0.25) is 0 Å². The molecule has 0 N–H and O–H groups in total. The molecule has 0 saturated heterocycles.